The van der Waals surface area contributed by atoms with Crippen LogP contribution in [0.4, 0.5) is 11.4 Å². The van der Waals surface area contributed by atoms with E-state index in [1.807, 2.05) is 49.3 Å². The van der Waals surface area contributed by atoms with Crippen LogP contribution in [0.15, 0.2) is 36.5 Å². The maximum Gasteiger partial charge on any atom is 0.239 e. The van der Waals surface area contributed by atoms with Gasteiger partial charge in [-0.1, -0.05) is 18.2 Å². The van der Waals surface area contributed by atoms with Crippen LogP contribution in [0.5, 0.6) is 5.88 Å². The maximum absolute atomic E-state index is 9.14. The molecule has 0 fully saturated rings. The Bertz CT molecular complexity index is 662. The van der Waals surface area contributed by atoms with E-state index in [0.717, 1.165) is 16.9 Å². The van der Waals surface area contributed by atoms with Crippen LogP contribution in [0.1, 0.15) is 11.1 Å². The highest BCUT2D eigenvalue weighted by Gasteiger charge is 2.12. The van der Waals surface area contributed by atoms with Gasteiger partial charge in [0.2, 0.25) is 5.88 Å². The third-order valence-corrected chi connectivity index (χ3v) is 3.16. The zero-order chi connectivity index (χ0) is 15.2. The maximum atomic E-state index is 9.14. The smallest absolute Gasteiger partial charge is 0.239 e. The number of rotatable bonds is 5. The summed E-state index contributed by atoms with van der Waals surface area (Å²) < 4.78 is 5.32. The zero-order valence-corrected chi connectivity index (χ0v) is 12.4. The van der Waals surface area contributed by atoms with E-state index in [4.69, 9.17) is 10.00 Å². The summed E-state index contributed by atoms with van der Waals surface area (Å²) in [6.45, 7) is 0.534. The fraction of sp³-hybridized carbons (Fsp3) is 0.250. The van der Waals surface area contributed by atoms with Gasteiger partial charge in [-0.25, -0.2) is 4.98 Å². The first-order chi connectivity index (χ1) is 10.2. The third-order valence-electron chi connectivity index (χ3n) is 3.16. The van der Waals surface area contributed by atoms with Crippen LogP contribution in [-0.2, 0) is 6.54 Å². The van der Waals surface area contributed by atoms with Gasteiger partial charge in [0.05, 0.1) is 24.4 Å². The minimum Gasteiger partial charge on any atom is -0.479 e. The highest BCUT2D eigenvalue weighted by molar-refractivity contribution is 5.74. The van der Waals surface area contributed by atoms with Gasteiger partial charge in [0, 0.05) is 26.8 Å². The van der Waals surface area contributed by atoms with Crippen molar-refractivity contribution in [3.8, 4) is 11.9 Å². The minimum atomic E-state index is 0.534. The second-order valence-electron chi connectivity index (χ2n) is 4.73. The van der Waals surface area contributed by atoms with Crippen molar-refractivity contribution in [1.29, 1.82) is 5.26 Å². The molecule has 0 amide bonds. The van der Waals surface area contributed by atoms with Gasteiger partial charge in [-0.2, -0.15) is 5.26 Å². The summed E-state index contributed by atoms with van der Waals surface area (Å²) in [5.41, 5.74) is 3.41. The number of nitrogens with one attached hydrogen (secondary N) is 1. The quantitative estimate of drug-likeness (QED) is 0.913. The van der Waals surface area contributed by atoms with Crippen molar-refractivity contribution in [2.24, 2.45) is 0 Å². The van der Waals surface area contributed by atoms with Crippen LogP contribution in [0.3, 0.4) is 0 Å². The fourth-order valence-electron chi connectivity index (χ4n) is 2.09. The molecule has 2 aromatic rings. The predicted octanol–water partition coefficient (Wildman–Crippen LogP) is 2.64. The molecule has 5 heteroatoms. The van der Waals surface area contributed by atoms with Gasteiger partial charge in [0.25, 0.3) is 0 Å². The Morgan fingerprint density at radius 2 is 2.05 bits per heavy atom. The van der Waals surface area contributed by atoms with Crippen LogP contribution >= 0.6 is 0 Å². The first kappa shape index (κ1) is 14.7. The average molecular weight is 282 g/mol. The van der Waals surface area contributed by atoms with Gasteiger partial charge in [0.1, 0.15) is 5.69 Å². The van der Waals surface area contributed by atoms with E-state index >= 15 is 0 Å². The standard InChI is InChI=1S/C16H18N4O/c1-20(2)14-8-9-18-16(21-3)15(14)19-11-13-7-5-4-6-12(13)10-17/h4-9,19H,11H2,1-3H3. The summed E-state index contributed by atoms with van der Waals surface area (Å²) in [6.07, 6.45) is 1.71. The predicted molar refractivity (Wildman–Crippen MR) is 83.6 cm³/mol. The Morgan fingerprint density at radius 3 is 2.71 bits per heavy atom. The van der Waals surface area contributed by atoms with Gasteiger partial charge in [-0.3, -0.25) is 0 Å². The SMILES string of the molecule is COc1nccc(N(C)C)c1NCc1ccccc1C#N. The molecule has 0 aliphatic rings. The minimum absolute atomic E-state index is 0.534. The summed E-state index contributed by atoms with van der Waals surface area (Å²) in [6, 6.07) is 11.6. The Hall–Kier alpha value is -2.74. The Balaban J connectivity index is 2.29. The molecule has 0 unspecified atom stereocenters. The molecule has 0 atom stereocenters. The van der Waals surface area contributed by atoms with Crippen molar-refractivity contribution in [2.45, 2.75) is 6.54 Å². The number of hydrogen-bond acceptors (Lipinski definition) is 5. The summed E-state index contributed by atoms with van der Waals surface area (Å²) in [5, 5.41) is 12.5. The lowest BCUT2D eigenvalue weighted by atomic mass is 10.1. The lowest BCUT2D eigenvalue weighted by Crippen LogP contribution is -2.13. The Morgan fingerprint density at radius 1 is 1.29 bits per heavy atom. The lowest BCUT2D eigenvalue weighted by molar-refractivity contribution is 0.400. The number of methoxy groups -OCH3 is 1. The second kappa shape index (κ2) is 6.62. The number of aromatic nitrogens is 1. The molecule has 5 nitrogen and oxygen atoms in total. The van der Waals surface area contributed by atoms with Gasteiger partial charge in [0.15, 0.2) is 0 Å². The second-order valence-corrected chi connectivity index (χ2v) is 4.73. The molecule has 0 spiro atoms. The molecule has 0 bridgehead atoms. The van der Waals surface area contributed by atoms with E-state index in [1.165, 1.54) is 0 Å². The lowest BCUT2D eigenvalue weighted by Gasteiger charge is -2.20. The molecular weight excluding hydrogens is 264 g/mol. The fourth-order valence-corrected chi connectivity index (χ4v) is 2.09. The van der Waals surface area contributed by atoms with E-state index in [2.05, 4.69) is 16.4 Å². The summed E-state index contributed by atoms with van der Waals surface area (Å²) >= 11 is 0. The molecule has 0 aliphatic heterocycles. The number of benzene rings is 1. The normalized spacial score (nSPS) is 9.81. The Labute approximate surface area is 124 Å². The number of nitriles is 1. The topological polar surface area (TPSA) is 61.2 Å². The van der Waals surface area contributed by atoms with Crippen molar-refractivity contribution in [3.63, 3.8) is 0 Å². The van der Waals surface area contributed by atoms with Crippen molar-refractivity contribution in [2.75, 3.05) is 31.4 Å². The summed E-state index contributed by atoms with van der Waals surface area (Å²) in [7, 11) is 5.52. The van der Waals surface area contributed by atoms with Crippen molar-refractivity contribution in [1.82, 2.24) is 4.98 Å². The van der Waals surface area contributed by atoms with Crippen molar-refractivity contribution >= 4 is 11.4 Å². The zero-order valence-electron chi connectivity index (χ0n) is 12.4. The van der Waals surface area contributed by atoms with Crippen LogP contribution in [-0.4, -0.2) is 26.2 Å². The van der Waals surface area contributed by atoms with E-state index in [0.29, 0.717) is 18.0 Å². The molecular formula is C16H18N4O. The third kappa shape index (κ3) is 3.23. The molecule has 0 saturated carbocycles. The van der Waals surface area contributed by atoms with E-state index in [-0.39, 0.29) is 0 Å². The number of anilines is 2. The van der Waals surface area contributed by atoms with E-state index < -0.39 is 0 Å². The monoisotopic (exact) mass is 282 g/mol. The van der Waals surface area contributed by atoms with Crippen molar-refractivity contribution < 1.29 is 4.74 Å². The van der Waals surface area contributed by atoms with Crippen LogP contribution in [0.25, 0.3) is 0 Å². The number of nitrogens with zero attached hydrogens (tertiary/aromatic N) is 3. The van der Waals surface area contributed by atoms with Crippen LogP contribution in [0.2, 0.25) is 0 Å². The van der Waals surface area contributed by atoms with Crippen LogP contribution < -0.4 is 15.0 Å². The van der Waals surface area contributed by atoms with E-state index in [1.54, 1.807) is 13.3 Å². The molecule has 1 N–H and O–H groups in total. The molecule has 0 radical (unpaired) electrons. The van der Waals surface area contributed by atoms with Crippen LogP contribution in [0, 0.1) is 11.3 Å². The number of ether oxygens (including phenoxy) is 1. The molecule has 1 heterocycles. The van der Waals surface area contributed by atoms with Gasteiger partial charge < -0.3 is 15.0 Å². The molecule has 2 rings (SSSR count). The number of pyridine rings is 1. The number of hydrogen-bond donors (Lipinski definition) is 1. The highest BCUT2D eigenvalue weighted by atomic mass is 16.5. The largest absolute Gasteiger partial charge is 0.479 e. The molecule has 0 saturated heterocycles. The van der Waals surface area contributed by atoms with Gasteiger partial charge >= 0.3 is 0 Å². The summed E-state index contributed by atoms with van der Waals surface area (Å²) in [5.74, 6) is 0.538. The van der Waals surface area contributed by atoms with Crippen molar-refractivity contribution in [3.05, 3.63) is 47.7 Å². The highest BCUT2D eigenvalue weighted by Crippen LogP contribution is 2.32. The first-order valence-electron chi connectivity index (χ1n) is 6.59. The van der Waals surface area contributed by atoms with Gasteiger partial charge in [-0.05, 0) is 17.7 Å². The van der Waals surface area contributed by atoms with Gasteiger partial charge in [-0.15, -0.1) is 0 Å². The summed E-state index contributed by atoms with van der Waals surface area (Å²) in [4.78, 5) is 6.21. The molecule has 1 aromatic heterocycles. The molecule has 1 aromatic carbocycles. The molecule has 108 valence electrons. The first-order valence-corrected chi connectivity index (χ1v) is 6.59. The molecule has 0 aliphatic carbocycles. The van der Waals surface area contributed by atoms with E-state index in [9.17, 15) is 0 Å². The Kier molecular flexibility index (Phi) is 4.62. The molecule has 21 heavy (non-hydrogen) atoms. The average Bonchev–Trinajstić information content (AvgIpc) is 2.52.